The van der Waals surface area contributed by atoms with E-state index in [1.165, 1.54) is 24.2 Å². The van der Waals surface area contributed by atoms with Crippen LogP contribution in [0.15, 0.2) is 47.8 Å². The van der Waals surface area contributed by atoms with Gasteiger partial charge in [-0.05, 0) is 49.9 Å². The van der Waals surface area contributed by atoms with Gasteiger partial charge in [-0.1, -0.05) is 36.4 Å². The highest BCUT2D eigenvalue weighted by molar-refractivity contribution is 7.12. The lowest BCUT2D eigenvalue weighted by molar-refractivity contribution is -0.123. The minimum Gasteiger partial charge on any atom is -0.346 e. The number of hydrogen-bond donors (Lipinski definition) is 2. The van der Waals surface area contributed by atoms with Gasteiger partial charge in [0.25, 0.3) is 5.91 Å². The number of carbonyl (C=O) groups excluding carboxylic acids is 2. The molecule has 2 atom stereocenters. The van der Waals surface area contributed by atoms with Crippen LogP contribution in [0.3, 0.4) is 0 Å². The number of nitrogens with zero attached hydrogens (tertiary/aromatic N) is 1. The molecule has 3 rings (SSSR count). The zero-order valence-electron chi connectivity index (χ0n) is 15.0. The van der Waals surface area contributed by atoms with Gasteiger partial charge in [0.15, 0.2) is 0 Å². The summed E-state index contributed by atoms with van der Waals surface area (Å²) in [6.07, 6.45) is 2.42. The van der Waals surface area contributed by atoms with E-state index >= 15 is 0 Å². The molecule has 2 aromatic rings. The molecule has 26 heavy (non-hydrogen) atoms. The van der Waals surface area contributed by atoms with Crippen molar-refractivity contribution >= 4 is 23.2 Å². The Kier molecular flexibility index (Phi) is 6.41. The number of carbonyl (C=O) groups is 2. The predicted octanol–water partition coefficient (Wildman–Crippen LogP) is 2.82. The Morgan fingerprint density at radius 2 is 1.81 bits per heavy atom. The van der Waals surface area contributed by atoms with Gasteiger partial charge in [0.2, 0.25) is 5.91 Å². The van der Waals surface area contributed by atoms with Gasteiger partial charge in [0.1, 0.15) is 6.04 Å². The van der Waals surface area contributed by atoms with Gasteiger partial charge >= 0.3 is 0 Å². The molecule has 0 aliphatic carbocycles. The van der Waals surface area contributed by atoms with Crippen molar-refractivity contribution in [2.45, 2.75) is 31.8 Å². The smallest absolute Gasteiger partial charge is 0.261 e. The number of benzene rings is 1. The molecule has 0 radical (unpaired) electrons. The van der Waals surface area contributed by atoms with E-state index < -0.39 is 6.04 Å². The number of amides is 2. The SMILES string of the molecule is CC(NC(=O)c1cccs1)C(=O)NC(CN1CCCC1)c1ccccc1. The summed E-state index contributed by atoms with van der Waals surface area (Å²) < 4.78 is 0. The molecule has 1 saturated heterocycles. The summed E-state index contributed by atoms with van der Waals surface area (Å²) in [5.41, 5.74) is 1.09. The second kappa shape index (κ2) is 8.96. The van der Waals surface area contributed by atoms with Crippen molar-refractivity contribution < 1.29 is 9.59 Å². The molecule has 5 nitrogen and oxygen atoms in total. The van der Waals surface area contributed by atoms with Gasteiger partial charge in [0.05, 0.1) is 10.9 Å². The van der Waals surface area contributed by atoms with Crippen molar-refractivity contribution in [3.8, 4) is 0 Å². The molecule has 2 amide bonds. The van der Waals surface area contributed by atoms with Crippen LogP contribution in [0.2, 0.25) is 0 Å². The Bertz CT molecular complexity index is 712. The largest absolute Gasteiger partial charge is 0.346 e. The first-order valence-corrected chi connectivity index (χ1v) is 9.93. The molecule has 1 aliphatic heterocycles. The molecule has 2 heterocycles. The van der Waals surface area contributed by atoms with Gasteiger partial charge in [-0.2, -0.15) is 0 Å². The Morgan fingerprint density at radius 3 is 2.46 bits per heavy atom. The lowest BCUT2D eigenvalue weighted by atomic mass is 10.1. The third-order valence-electron chi connectivity index (χ3n) is 4.64. The highest BCUT2D eigenvalue weighted by atomic mass is 32.1. The highest BCUT2D eigenvalue weighted by Gasteiger charge is 2.24. The number of nitrogens with one attached hydrogen (secondary N) is 2. The lowest BCUT2D eigenvalue weighted by Crippen LogP contribution is -2.47. The number of rotatable bonds is 7. The second-order valence-electron chi connectivity index (χ2n) is 6.65. The Labute approximate surface area is 158 Å². The van der Waals surface area contributed by atoms with Gasteiger partial charge in [-0.25, -0.2) is 0 Å². The van der Waals surface area contributed by atoms with Crippen LogP contribution in [-0.2, 0) is 4.79 Å². The molecule has 0 saturated carbocycles. The standard InChI is InChI=1S/C20H25N3O2S/c1-15(21-20(25)18-10-7-13-26-18)19(24)22-17(14-23-11-5-6-12-23)16-8-3-2-4-9-16/h2-4,7-10,13,15,17H,5-6,11-12,14H2,1H3,(H,21,25)(H,22,24). The molecule has 0 bridgehead atoms. The summed E-state index contributed by atoms with van der Waals surface area (Å²) in [7, 11) is 0. The molecule has 2 unspecified atom stereocenters. The van der Waals surface area contributed by atoms with Crippen LogP contribution in [0.4, 0.5) is 0 Å². The van der Waals surface area contributed by atoms with E-state index in [9.17, 15) is 9.59 Å². The Hall–Kier alpha value is -2.18. The molecule has 6 heteroatoms. The average Bonchev–Trinajstić information content (AvgIpc) is 3.35. The summed E-state index contributed by atoms with van der Waals surface area (Å²) in [4.78, 5) is 27.8. The zero-order chi connectivity index (χ0) is 18.4. The highest BCUT2D eigenvalue weighted by Crippen LogP contribution is 2.18. The average molecular weight is 372 g/mol. The van der Waals surface area contributed by atoms with E-state index in [4.69, 9.17) is 0 Å². The minimum absolute atomic E-state index is 0.0807. The van der Waals surface area contributed by atoms with Crippen molar-refractivity contribution in [3.63, 3.8) is 0 Å². The van der Waals surface area contributed by atoms with Crippen molar-refractivity contribution in [1.29, 1.82) is 0 Å². The number of hydrogen-bond acceptors (Lipinski definition) is 4. The second-order valence-corrected chi connectivity index (χ2v) is 7.60. The molecular formula is C20H25N3O2S. The van der Waals surface area contributed by atoms with Crippen LogP contribution in [0, 0.1) is 0 Å². The summed E-state index contributed by atoms with van der Waals surface area (Å²) in [5.74, 6) is -0.374. The van der Waals surface area contributed by atoms with Crippen LogP contribution in [-0.4, -0.2) is 42.4 Å². The Balaban J connectivity index is 1.63. The maximum absolute atomic E-state index is 12.7. The van der Waals surface area contributed by atoms with Crippen molar-refractivity contribution in [3.05, 3.63) is 58.3 Å². The van der Waals surface area contributed by atoms with Crippen LogP contribution in [0.1, 0.15) is 41.0 Å². The number of likely N-dealkylation sites (tertiary alicyclic amines) is 1. The third-order valence-corrected chi connectivity index (χ3v) is 5.51. The third kappa shape index (κ3) is 4.93. The molecule has 1 aromatic heterocycles. The summed E-state index contributed by atoms with van der Waals surface area (Å²) in [6, 6.07) is 12.9. The van der Waals surface area contributed by atoms with E-state index in [2.05, 4.69) is 15.5 Å². The summed E-state index contributed by atoms with van der Waals surface area (Å²) in [6.45, 7) is 4.66. The topological polar surface area (TPSA) is 61.4 Å². The Morgan fingerprint density at radius 1 is 1.08 bits per heavy atom. The first kappa shape index (κ1) is 18.6. The van der Waals surface area contributed by atoms with E-state index in [1.54, 1.807) is 13.0 Å². The molecular weight excluding hydrogens is 346 g/mol. The number of thiophene rings is 1. The molecule has 1 fully saturated rings. The fraction of sp³-hybridized carbons (Fsp3) is 0.400. The van der Waals surface area contributed by atoms with Crippen molar-refractivity contribution in [1.82, 2.24) is 15.5 Å². The van der Waals surface area contributed by atoms with Gasteiger partial charge in [0, 0.05) is 6.54 Å². The molecule has 0 spiro atoms. The molecule has 1 aromatic carbocycles. The fourth-order valence-electron chi connectivity index (χ4n) is 3.18. The van der Waals surface area contributed by atoms with E-state index in [1.807, 2.05) is 41.8 Å². The van der Waals surface area contributed by atoms with Gasteiger partial charge in [-0.3, -0.25) is 9.59 Å². The zero-order valence-corrected chi connectivity index (χ0v) is 15.8. The maximum atomic E-state index is 12.7. The van der Waals surface area contributed by atoms with Gasteiger partial charge < -0.3 is 15.5 Å². The minimum atomic E-state index is -0.589. The lowest BCUT2D eigenvalue weighted by Gasteiger charge is -2.26. The summed E-state index contributed by atoms with van der Waals surface area (Å²) in [5, 5.41) is 7.75. The molecule has 138 valence electrons. The first-order valence-electron chi connectivity index (χ1n) is 9.05. The first-order chi connectivity index (χ1) is 12.6. The van der Waals surface area contributed by atoms with Crippen molar-refractivity contribution in [2.75, 3.05) is 19.6 Å². The fourth-order valence-corrected chi connectivity index (χ4v) is 3.81. The van der Waals surface area contributed by atoms with Crippen LogP contribution < -0.4 is 10.6 Å². The quantitative estimate of drug-likeness (QED) is 0.787. The van der Waals surface area contributed by atoms with Crippen LogP contribution in [0.25, 0.3) is 0 Å². The van der Waals surface area contributed by atoms with Crippen LogP contribution in [0.5, 0.6) is 0 Å². The maximum Gasteiger partial charge on any atom is 0.261 e. The van der Waals surface area contributed by atoms with Gasteiger partial charge in [-0.15, -0.1) is 11.3 Å². The van der Waals surface area contributed by atoms with E-state index in [0.717, 1.165) is 25.2 Å². The predicted molar refractivity (Wildman–Crippen MR) is 104 cm³/mol. The monoisotopic (exact) mass is 371 g/mol. The molecule has 2 N–H and O–H groups in total. The van der Waals surface area contributed by atoms with Crippen LogP contribution >= 0.6 is 11.3 Å². The molecule has 1 aliphatic rings. The van der Waals surface area contributed by atoms with E-state index in [0.29, 0.717) is 4.88 Å². The van der Waals surface area contributed by atoms with Crippen molar-refractivity contribution in [2.24, 2.45) is 0 Å². The van der Waals surface area contributed by atoms with E-state index in [-0.39, 0.29) is 17.9 Å². The normalized spacial score (nSPS) is 16.8. The summed E-state index contributed by atoms with van der Waals surface area (Å²) >= 11 is 1.37.